The molecule has 2 aromatic heterocycles. The quantitative estimate of drug-likeness (QED) is 0.317. The van der Waals surface area contributed by atoms with E-state index in [1.807, 2.05) is 42.5 Å². The molecule has 5 heteroatoms. The van der Waals surface area contributed by atoms with Gasteiger partial charge in [0.05, 0.1) is 11.4 Å². The molecular formula is C25H20ClN3S. The van der Waals surface area contributed by atoms with Crippen molar-refractivity contribution in [3.05, 3.63) is 106 Å². The van der Waals surface area contributed by atoms with Crippen LogP contribution < -0.4 is 4.80 Å². The molecule has 0 saturated heterocycles. The lowest BCUT2D eigenvalue weighted by Gasteiger charge is -2.09. The standard InChI is InChI=1S/C25H20ClN3S/c26-20-12-10-18(11-13-20)24-17-30-25(28-21-6-2-1-3-7-21)29(24)15-14-19-16-27-23-9-5-4-8-22(19)23/h1-13,16-17,27H,14-15H2. The van der Waals surface area contributed by atoms with Gasteiger partial charge in [-0.2, -0.15) is 0 Å². The molecule has 0 aliphatic carbocycles. The van der Waals surface area contributed by atoms with Crippen LogP contribution in [0.5, 0.6) is 0 Å². The summed E-state index contributed by atoms with van der Waals surface area (Å²) < 4.78 is 2.31. The third-order valence-corrected chi connectivity index (χ3v) is 6.31. The zero-order chi connectivity index (χ0) is 20.3. The molecule has 0 radical (unpaired) electrons. The summed E-state index contributed by atoms with van der Waals surface area (Å²) in [5.41, 5.74) is 5.75. The smallest absolute Gasteiger partial charge is 0.190 e. The molecule has 0 unspecified atom stereocenters. The number of hydrogen-bond donors (Lipinski definition) is 1. The van der Waals surface area contributed by atoms with Crippen LogP contribution in [0.25, 0.3) is 22.2 Å². The average Bonchev–Trinajstić information content (AvgIpc) is 3.37. The van der Waals surface area contributed by atoms with Crippen molar-refractivity contribution in [1.29, 1.82) is 0 Å². The van der Waals surface area contributed by atoms with Gasteiger partial charge < -0.3 is 9.55 Å². The summed E-state index contributed by atoms with van der Waals surface area (Å²) >= 11 is 7.78. The van der Waals surface area contributed by atoms with Crippen molar-refractivity contribution < 1.29 is 0 Å². The van der Waals surface area contributed by atoms with Gasteiger partial charge in [-0.25, -0.2) is 4.99 Å². The van der Waals surface area contributed by atoms with E-state index in [9.17, 15) is 0 Å². The fourth-order valence-corrected chi connectivity index (χ4v) is 4.75. The lowest BCUT2D eigenvalue weighted by molar-refractivity contribution is 0.686. The van der Waals surface area contributed by atoms with Crippen LogP contribution in [0.3, 0.4) is 0 Å². The highest BCUT2D eigenvalue weighted by molar-refractivity contribution is 7.07. The Morgan fingerprint density at radius 2 is 1.67 bits per heavy atom. The van der Waals surface area contributed by atoms with Gasteiger partial charge in [-0.05, 0) is 47.9 Å². The fourth-order valence-electron chi connectivity index (χ4n) is 3.67. The van der Waals surface area contributed by atoms with Crippen molar-refractivity contribution in [2.75, 3.05) is 0 Å². The number of halogens is 1. The Balaban J connectivity index is 1.56. The van der Waals surface area contributed by atoms with E-state index in [1.54, 1.807) is 11.3 Å². The molecule has 148 valence electrons. The van der Waals surface area contributed by atoms with Crippen LogP contribution in [0, 0.1) is 0 Å². The summed E-state index contributed by atoms with van der Waals surface area (Å²) in [4.78, 5) is 9.29. The second-order valence-electron chi connectivity index (χ2n) is 7.12. The molecule has 30 heavy (non-hydrogen) atoms. The molecule has 0 fully saturated rings. The summed E-state index contributed by atoms with van der Waals surface area (Å²) in [6.45, 7) is 0.842. The van der Waals surface area contributed by atoms with Gasteiger partial charge >= 0.3 is 0 Å². The van der Waals surface area contributed by atoms with Gasteiger partial charge in [-0.15, -0.1) is 11.3 Å². The zero-order valence-electron chi connectivity index (χ0n) is 16.3. The molecule has 0 spiro atoms. The topological polar surface area (TPSA) is 33.1 Å². The minimum Gasteiger partial charge on any atom is -0.361 e. The lowest BCUT2D eigenvalue weighted by atomic mass is 10.1. The zero-order valence-corrected chi connectivity index (χ0v) is 17.8. The molecule has 0 saturated carbocycles. The predicted octanol–water partition coefficient (Wildman–Crippen LogP) is 6.83. The van der Waals surface area contributed by atoms with Crippen molar-refractivity contribution in [2.45, 2.75) is 13.0 Å². The summed E-state index contributed by atoms with van der Waals surface area (Å²) in [6, 6.07) is 26.6. The number of aromatic amines is 1. The van der Waals surface area contributed by atoms with Crippen molar-refractivity contribution in [3.63, 3.8) is 0 Å². The van der Waals surface area contributed by atoms with Gasteiger partial charge in [0.25, 0.3) is 0 Å². The summed E-state index contributed by atoms with van der Waals surface area (Å²) in [7, 11) is 0. The maximum atomic E-state index is 6.11. The first-order valence-electron chi connectivity index (χ1n) is 9.87. The summed E-state index contributed by atoms with van der Waals surface area (Å²) in [5, 5.41) is 4.21. The fraction of sp³-hybridized carbons (Fsp3) is 0.0800. The number of thiazole rings is 1. The first kappa shape index (κ1) is 18.9. The summed E-state index contributed by atoms with van der Waals surface area (Å²) in [5.74, 6) is 0. The van der Waals surface area contributed by atoms with Crippen molar-refractivity contribution >= 4 is 39.5 Å². The Labute approximate surface area is 183 Å². The molecule has 0 aliphatic rings. The number of hydrogen-bond acceptors (Lipinski definition) is 2. The van der Waals surface area contributed by atoms with Crippen LogP contribution in [0.15, 0.2) is 95.4 Å². The molecule has 0 atom stereocenters. The Kier molecular flexibility index (Phi) is 5.26. The number of para-hydroxylation sites is 2. The van der Waals surface area contributed by atoms with Crippen LogP contribution in [0.4, 0.5) is 5.69 Å². The number of nitrogens with zero attached hydrogens (tertiary/aromatic N) is 2. The minimum atomic E-state index is 0.744. The number of fused-ring (bicyclic) bond motifs is 1. The molecule has 2 heterocycles. The summed E-state index contributed by atoms with van der Waals surface area (Å²) in [6.07, 6.45) is 3.04. The molecule has 3 nitrogen and oxygen atoms in total. The van der Waals surface area contributed by atoms with Crippen molar-refractivity contribution in [1.82, 2.24) is 9.55 Å². The second-order valence-corrected chi connectivity index (χ2v) is 8.39. The molecule has 1 N–H and O–H groups in total. The number of nitrogens with one attached hydrogen (secondary N) is 1. The number of aryl methyl sites for hydroxylation is 1. The van der Waals surface area contributed by atoms with Gasteiger partial charge in [-0.1, -0.05) is 60.1 Å². The number of benzene rings is 3. The third kappa shape index (κ3) is 3.84. The van der Waals surface area contributed by atoms with E-state index in [4.69, 9.17) is 16.6 Å². The highest BCUT2D eigenvalue weighted by Crippen LogP contribution is 2.24. The van der Waals surface area contributed by atoms with E-state index in [0.29, 0.717) is 0 Å². The SMILES string of the molecule is Clc1ccc(-c2csc(=Nc3ccccc3)n2CCc2c[nH]c3ccccc23)cc1. The number of rotatable bonds is 5. The Morgan fingerprint density at radius 3 is 2.50 bits per heavy atom. The largest absolute Gasteiger partial charge is 0.361 e. The van der Waals surface area contributed by atoms with Crippen LogP contribution >= 0.6 is 22.9 Å². The average molecular weight is 430 g/mol. The van der Waals surface area contributed by atoms with E-state index in [1.165, 1.54) is 16.5 Å². The van der Waals surface area contributed by atoms with Crippen LogP contribution in [0.1, 0.15) is 5.56 Å². The first-order valence-corrected chi connectivity index (χ1v) is 11.1. The number of H-pyrrole nitrogens is 1. The molecule has 3 aromatic carbocycles. The molecular weight excluding hydrogens is 410 g/mol. The van der Waals surface area contributed by atoms with E-state index >= 15 is 0 Å². The maximum absolute atomic E-state index is 6.11. The molecule has 5 aromatic rings. The van der Waals surface area contributed by atoms with E-state index in [-0.39, 0.29) is 0 Å². The maximum Gasteiger partial charge on any atom is 0.190 e. The first-order chi connectivity index (χ1) is 14.8. The van der Waals surface area contributed by atoms with Gasteiger partial charge in [0.1, 0.15) is 0 Å². The van der Waals surface area contributed by atoms with E-state index < -0.39 is 0 Å². The Morgan fingerprint density at radius 1 is 0.900 bits per heavy atom. The highest BCUT2D eigenvalue weighted by Gasteiger charge is 2.10. The molecule has 0 amide bonds. The van der Waals surface area contributed by atoms with E-state index in [0.717, 1.165) is 39.7 Å². The lowest BCUT2D eigenvalue weighted by Crippen LogP contribution is -2.17. The van der Waals surface area contributed by atoms with Gasteiger partial charge in [0, 0.05) is 34.0 Å². The third-order valence-electron chi connectivity index (χ3n) is 5.20. The van der Waals surface area contributed by atoms with Gasteiger partial charge in [0.15, 0.2) is 4.80 Å². The minimum absolute atomic E-state index is 0.744. The Bertz CT molecular complexity index is 1340. The molecule has 5 rings (SSSR count). The van der Waals surface area contributed by atoms with Gasteiger partial charge in [0.2, 0.25) is 0 Å². The van der Waals surface area contributed by atoms with Gasteiger partial charge in [-0.3, -0.25) is 0 Å². The second kappa shape index (κ2) is 8.34. The molecule has 0 aliphatic heterocycles. The van der Waals surface area contributed by atoms with Crippen LogP contribution in [-0.4, -0.2) is 9.55 Å². The molecule has 0 bridgehead atoms. The van der Waals surface area contributed by atoms with E-state index in [2.05, 4.69) is 57.5 Å². The van der Waals surface area contributed by atoms with Crippen molar-refractivity contribution in [3.8, 4) is 11.3 Å². The highest BCUT2D eigenvalue weighted by atomic mass is 35.5. The number of aromatic nitrogens is 2. The van der Waals surface area contributed by atoms with Crippen LogP contribution in [0.2, 0.25) is 5.02 Å². The monoisotopic (exact) mass is 429 g/mol. The normalized spacial score (nSPS) is 12.0. The Hall–Kier alpha value is -3.08. The predicted molar refractivity (Wildman–Crippen MR) is 126 cm³/mol. The van der Waals surface area contributed by atoms with Crippen LogP contribution in [-0.2, 0) is 13.0 Å². The van der Waals surface area contributed by atoms with Crippen molar-refractivity contribution in [2.24, 2.45) is 4.99 Å².